The molecule has 0 aromatic heterocycles. The second kappa shape index (κ2) is 9.18. The molecule has 0 saturated heterocycles. The second-order valence-corrected chi connectivity index (χ2v) is 6.36. The number of amides is 1. The first-order valence-electron chi connectivity index (χ1n) is 8.08. The minimum Gasteiger partial charge on any atom is -0.495 e. The molecule has 134 valence electrons. The number of benzene rings is 2. The van der Waals surface area contributed by atoms with Gasteiger partial charge in [-0.2, -0.15) is 0 Å². The van der Waals surface area contributed by atoms with E-state index in [-0.39, 0.29) is 12.5 Å². The van der Waals surface area contributed by atoms with E-state index in [1.54, 1.807) is 25.3 Å². The zero-order chi connectivity index (χ0) is 18.2. The summed E-state index contributed by atoms with van der Waals surface area (Å²) in [5, 5.41) is 6.38. The lowest BCUT2D eigenvalue weighted by Crippen LogP contribution is -2.22. The van der Waals surface area contributed by atoms with Crippen LogP contribution in [0.25, 0.3) is 0 Å². The van der Waals surface area contributed by atoms with E-state index in [1.165, 1.54) is 0 Å². The molecule has 6 heteroatoms. The SMILES string of the molecule is COc1ccc(NCC(=O)Nc2ccccc2OCC(C)C)cc1Cl. The molecule has 0 spiro atoms. The summed E-state index contributed by atoms with van der Waals surface area (Å²) in [6.45, 7) is 4.85. The fraction of sp³-hybridized carbons (Fsp3) is 0.316. The predicted molar refractivity (Wildman–Crippen MR) is 102 cm³/mol. The molecule has 2 aromatic carbocycles. The molecule has 0 saturated carbocycles. The maximum atomic E-state index is 12.2. The molecular weight excluding hydrogens is 340 g/mol. The van der Waals surface area contributed by atoms with E-state index >= 15 is 0 Å². The van der Waals surface area contributed by atoms with E-state index in [0.29, 0.717) is 34.7 Å². The van der Waals surface area contributed by atoms with Crippen molar-refractivity contribution in [1.82, 2.24) is 0 Å². The van der Waals surface area contributed by atoms with Gasteiger partial charge in [0.15, 0.2) is 0 Å². The van der Waals surface area contributed by atoms with Crippen molar-refractivity contribution in [3.05, 3.63) is 47.5 Å². The van der Waals surface area contributed by atoms with Gasteiger partial charge in [-0.15, -0.1) is 0 Å². The number of hydrogen-bond acceptors (Lipinski definition) is 4. The maximum absolute atomic E-state index is 12.2. The third-order valence-corrected chi connectivity index (χ3v) is 3.63. The second-order valence-electron chi connectivity index (χ2n) is 5.95. The number of halogens is 1. The molecule has 2 rings (SSSR count). The molecule has 0 fully saturated rings. The molecule has 2 aromatic rings. The van der Waals surface area contributed by atoms with Gasteiger partial charge in [-0.1, -0.05) is 37.6 Å². The number of anilines is 2. The molecule has 0 atom stereocenters. The standard InChI is InChI=1S/C19H23ClN2O3/c1-13(2)12-25-18-7-5-4-6-16(18)22-19(23)11-21-14-8-9-17(24-3)15(20)10-14/h4-10,13,21H,11-12H2,1-3H3,(H,22,23). The number of methoxy groups -OCH3 is 1. The molecule has 0 aliphatic carbocycles. The molecule has 0 bridgehead atoms. The maximum Gasteiger partial charge on any atom is 0.243 e. The van der Waals surface area contributed by atoms with Crippen molar-refractivity contribution in [2.24, 2.45) is 5.92 Å². The van der Waals surface area contributed by atoms with Crippen molar-refractivity contribution in [1.29, 1.82) is 0 Å². The monoisotopic (exact) mass is 362 g/mol. The minimum absolute atomic E-state index is 0.112. The topological polar surface area (TPSA) is 59.6 Å². The van der Waals surface area contributed by atoms with Crippen LogP contribution in [0.1, 0.15) is 13.8 Å². The Morgan fingerprint density at radius 2 is 1.92 bits per heavy atom. The van der Waals surface area contributed by atoms with Crippen molar-refractivity contribution in [3.63, 3.8) is 0 Å². The summed E-state index contributed by atoms with van der Waals surface area (Å²) in [5.41, 5.74) is 1.40. The highest BCUT2D eigenvalue weighted by atomic mass is 35.5. The molecule has 0 heterocycles. The van der Waals surface area contributed by atoms with Gasteiger partial charge in [0.05, 0.1) is 31.0 Å². The first kappa shape index (κ1) is 18.9. The van der Waals surface area contributed by atoms with Crippen LogP contribution in [0.5, 0.6) is 11.5 Å². The number of rotatable bonds is 8. The Bertz CT molecular complexity index is 720. The van der Waals surface area contributed by atoms with Crippen LogP contribution in [0.3, 0.4) is 0 Å². The van der Waals surface area contributed by atoms with Crippen molar-refractivity contribution >= 4 is 28.9 Å². The van der Waals surface area contributed by atoms with Crippen molar-refractivity contribution in [2.45, 2.75) is 13.8 Å². The highest BCUT2D eigenvalue weighted by Crippen LogP contribution is 2.27. The highest BCUT2D eigenvalue weighted by Gasteiger charge is 2.09. The molecule has 1 amide bonds. The van der Waals surface area contributed by atoms with Crippen molar-refractivity contribution in [2.75, 3.05) is 30.9 Å². The van der Waals surface area contributed by atoms with Gasteiger partial charge in [0.25, 0.3) is 0 Å². The Morgan fingerprint density at radius 1 is 1.16 bits per heavy atom. The van der Waals surface area contributed by atoms with Crippen LogP contribution in [0.4, 0.5) is 11.4 Å². The van der Waals surface area contributed by atoms with E-state index in [1.807, 2.05) is 24.3 Å². The fourth-order valence-corrected chi connectivity index (χ4v) is 2.36. The van der Waals surface area contributed by atoms with E-state index in [9.17, 15) is 4.79 Å². The van der Waals surface area contributed by atoms with E-state index in [2.05, 4.69) is 24.5 Å². The zero-order valence-corrected chi connectivity index (χ0v) is 15.4. The zero-order valence-electron chi connectivity index (χ0n) is 14.6. The van der Waals surface area contributed by atoms with Crippen LogP contribution >= 0.6 is 11.6 Å². The molecule has 0 aliphatic heterocycles. The molecule has 0 aliphatic rings. The van der Waals surface area contributed by atoms with Gasteiger partial charge >= 0.3 is 0 Å². The minimum atomic E-state index is -0.174. The smallest absolute Gasteiger partial charge is 0.243 e. The van der Waals surface area contributed by atoms with Gasteiger partial charge in [-0.3, -0.25) is 4.79 Å². The van der Waals surface area contributed by atoms with Crippen molar-refractivity contribution in [3.8, 4) is 11.5 Å². The Balaban J connectivity index is 1.93. The molecule has 0 unspecified atom stereocenters. The van der Waals surface area contributed by atoms with Gasteiger partial charge in [-0.25, -0.2) is 0 Å². The van der Waals surface area contributed by atoms with E-state index < -0.39 is 0 Å². The Hall–Kier alpha value is -2.40. The molecular formula is C19H23ClN2O3. The summed E-state index contributed by atoms with van der Waals surface area (Å²) >= 11 is 6.07. The number of nitrogens with one attached hydrogen (secondary N) is 2. The largest absolute Gasteiger partial charge is 0.495 e. The van der Waals surface area contributed by atoms with Crippen LogP contribution < -0.4 is 20.1 Å². The Morgan fingerprint density at radius 3 is 2.60 bits per heavy atom. The third kappa shape index (κ3) is 5.87. The predicted octanol–water partition coefficient (Wildman–Crippen LogP) is 4.43. The number of ether oxygens (including phenoxy) is 2. The van der Waals surface area contributed by atoms with Crippen molar-refractivity contribution < 1.29 is 14.3 Å². The molecule has 5 nitrogen and oxygen atoms in total. The fourth-order valence-electron chi connectivity index (χ4n) is 2.11. The van der Waals surface area contributed by atoms with Crippen LogP contribution in [0.2, 0.25) is 5.02 Å². The number of hydrogen-bond donors (Lipinski definition) is 2. The average Bonchev–Trinajstić information content (AvgIpc) is 2.59. The lowest BCUT2D eigenvalue weighted by atomic mass is 10.2. The summed E-state index contributed by atoms with van der Waals surface area (Å²) in [6.07, 6.45) is 0. The third-order valence-electron chi connectivity index (χ3n) is 3.34. The lowest BCUT2D eigenvalue weighted by molar-refractivity contribution is -0.114. The lowest BCUT2D eigenvalue weighted by Gasteiger charge is -2.14. The highest BCUT2D eigenvalue weighted by molar-refractivity contribution is 6.32. The van der Waals surface area contributed by atoms with E-state index in [0.717, 1.165) is 5.69 Å². The first-order chi connectivity index (χ1) is 12.0. The first-order valence-corrected chi connectivity index (χ1v) is 8.46. The normalized spacial score (nSPS) is 10.4. The average molecular weight is 363 g/mol. The number of carbonyl (C=O) groups is 1. The Kier molecular flexibility index (Phi) is 6.95. The molecule has 25 heavy (non-hydrogen) atoms. The summed E-state index contributed by atoms with van der Waals surface area (Å²) in [7, 11) is 1.56. The molecule has 0 radical (unpaired) electrons. The van der Waals surface area contributed by atoms with Crippen LogP contribution in [0, 0.1) is 5.92 Å². The van der Waals surface area contributed by atoms with Gasteiger partial charge < -0.3 is 20.1 Å². The summed E-state index contributed by atoms with van der Waals surface area (Å²) in [6, 6.07) is 12.7. The van der Waals surface area contributed by atoms with Gasteiger partial charge in [0.2, 0.25) is 5.91 Å². The number of carbonyl (C=O) groups excluding carboxylic acids is 1. The van der Waals surface area contributed by atoms with E-state index in [4.69, 9.17) is 21.1 Å². The Labute approximate surface area is 153 Å². The number of para-hydroxylation sites is 2. The van der Waals surface area contributed by atoms with Gasteiger partial charge in [0.1, 0.15) is 11.5 Å². The quantitative estimate of drug-likeness (QED) is 0.729. The summed E-state index contributed by atoms with van der Waals surface area (Å²) in [4.78, 5) is 12.2. The summed E-state index contributed by atoms with van der Waals surface area (Å²) in [5.74, 6) is 1.49. The van der Waals surface area contributed by atoms with Gasteiger partial charge in [-0.05, 0) is 36.2 Å². The van der Waals surface area contributed by atoms with Gasteiger partial charge in [0, 0.05) is 5.69 Å². The van der Waals surface area contributed by atoms with Crippen LogP contribution in [-0.2, 0) is 4.79 Å². The van der Waals surface area contributed by atoms with Crippen LogP contribution in [-0.4, -0.2) is 26.2 Å². The summed E-state index contributed by atoms with van der Waals surface area (Å²) < 4.78 is 10.8. The van der Waals surface area contributed by atoms with Crippen LogP contribution in [0.15, 0.2) is 42.5 Å². The molecule has 2 N–H and O–H groups in total.